The Morgan fingerprint density at radius 3 is 2.71 bits per heavy atom. The summed E-state index contributed by atoms with van der Waals surface area (Å²) in [5.41, 5.74) is 0. The van der Waals surface area contributed by atoms with Crippen molar-refractivity contribution in [3.8, 4) is 0 Å². The van der Waals surface area contributed by atoms with Crippen LogP contribution in [0.15, 0.2) is 0 Å². The third kappa shape index (κ3) is 2.66. The molecule has 1 aliphatic heterocycles. The van der Waals surface area contributed by atoms with Crippen molar-refractivity contribution in [1.29, 1.82) is 0 Å². The monoisotopic (exact) mass is 223 g/mol. The maximum Gasteiger partial charge on any atom is 0.322 e. The molecule has 0 aromatic heterocycles. The molecule has 0 aliphatic carbocycles. The maximum atomic E-state index is 11.5. The molecule has 0 saturated carbocycles. The molecular weight excluding hydrogens is 210 g/mol. The van der Waals surface area contributed by atoms with Gasteiger partial charge in [0.1, 0.15) is 0 Å². The maximum absolute atomic E-state index is 11.5. The molecule has 1 unspecified atom stereocenters. The summed E-state index contributed by atoms with van der Waals surface area (Å²) in [6, 6.07) is 0. The van der Waals surface area contributed by atoms with Crippen molar-refractivity contribution in [3.05, 3.63) is 0 Å². The number of esters is 1. The summed E-state index contributed by atoms with van der Waals surface area (Å²) in [6.07, 6.45) is -0.206. The summed E-state index contributed by atoms with van der Waals surface area (Å²) >= 11 is 0. The van der Waals surface area contributed by atoms with Crippen molar-refractivity contribution >= 4 is 16.0 Å². The number of nitrogens with zero attached hydrogens (tertiary/aromatic N) is 1. The molecule has 0 aromatic rings. The Hall–Kier alpha value is -0.660. The van der Waals surface area contributed by atoms with Crippen LogP contribution >= 0.6 is 0 Å². The molecule has 0 radical (unpaired) electrons. The number of sulfonamides is 1. The number of carbonyl (C=O) groups is 1. The largest absolute Gasteiger partial charge is 0.468 e. The Balaban J connectivity index is 2.62. The van der Waals surface area contributed by atoms with Gasteiger partial charge >= 0.3 is 5.97 Å². The van der Waals surface area contributed by atoms with Gasteiger partial charge in [0, 0.05) is 13.1 Å². The average Bonchev–Trinajstić information content (AvgIpc) is 2.51. The highest BCUT2D eigenvalue weighted by molar-refractivity contribution is 7.89. The zero-order valence-corrected chi connectivity index (χ0v) is 8.66. The lowest BCUT2D eigenvalue weighted by Gasteiger charge is -2.14. The Kier molecular flexibility index (Phi) is 3.46. The molecule has 1 fully saturated rings. The standard InChI is InChI=1S/C7H13NO5S/c1-13-7(10)5-14(11,12)8-3-2-6(9)4-8/h6,9H,2-5H2,1H3. The van der Waals surface area contributed by atoms with Crippen LogP contribution in [0.25, 0.3) is 0 Å². The topological polar surface area (TPSA) is 83.9 Å². The van der Waals surface area contributed by atoms with Crippen LogP contribution in [-0.2, 0) is 19.6 Å². The van der Waals surface area contributed by atoms with Crippen molar-refractivity contribution in [2.24, 2.45) is 0 Å². The van der Waals surface area contributed by atoms with Crippen LogP contribution in [0.5, 0.6) is 0 Å². The molecule has 7 heteroatoms. The highest BCUT2D eigenvalue weighted by Crippen LogP contribution is 2.13. The minimum atomic E-state index is -3.61. The van der Waals surface area contributed by atoms with Gasteiger partial charge in [-0.25, -0.2) is 8.42 Å². The van der Waals surface area contributed by atoms with E-state index in [0.29, 0.717) is 6.42 Å². The Morgan fingerprint density at radius 2 is 2.29 bits per heavy atom. The van der Waals surface area contributed by atoms with E-state index in [1.807, 2.05) is 0 Å². The van der Waals surface area contributed by atoms with Gasteiger partial charge in [-0.3, -0.25) is 4.79 Å². The Bertz CT molecular complexity index is 312. The van der Waals surface area contributed by atoms with E-state index < -0.39 is 27.8 Å². The van der Waals surface area contributed by atoms with E-state index in [4.69, 9.17) is 5.11 Å². The number of hydrogen-bond donors (Lipinski definition) is 1. The average molecular weight is 223 g/mol. The summed E-state index contributed by atoms with van der Waals surface area (Å²) in [7, 11) is -2.47. The second-order valence-corrected chi connectivity index (χ2v) is 5.10. The molecule has 0 amide bonds. The molecule has 0 spiro atoms. The third-order valence-corrected chi connectivity index (χ3v) is 3.77. The fourth-order valence-electron chi connectivity index (χ4n) is 1.26. The zero-order valence-electron chi connectivity index (χ0n) is 7.84. The molecule has 0 aromatic carbocycles. The van der Waals surface area contributed by atoms with E-state index in [0.717, 1.165) is 11.4 Å². The van der Waals surface area contributed by atoms with Crippen LogP contribution < -0.4 is 0 Å². The number of aliphatic hydroxyl groups excluding tert-OH is 1. The third-order valence-electron chi connectivity index (χ3n) is 2.05. The van der Waals surface area contributed by atoms with E-state index in [2.05, 4.69) is 4.74 Å². The predicted octanol–water partition coefficient (Wildman–Crippen LogP) is -1.44. The number of rotatable bonds is 3. The first-order valence-corrected chi connectivity index (χ1v) is 5.79. The first kappa shape index (κ1) is 11.4. The number of methoxy groups -OCH3 is 1. The second kappa shape index (κ2) is 4.24. The summed E-state index contributed by atoms with van der Waals surface area (Å²) in [6.45, 7) is 0.333. The zero-order chi connectivity index (χ0) is 10.8. The molecule has 0 bridgehead atoms. The first-order chi connectivity index (χ1) is 6.45. The van der Waals surface area contributed by atoms with E-state index in [1.165, 1.54) is 0 Å². The van der Waals surface area contributed by atoms with Crippen molar-refractivity contribution < 1.29 is 23.1 Å². The molecule has 1 atom stereocenters. The van der Waals surface area contributed by atoms with Crippen LogP contribution in [0.2, 0.25) is 0 Å². The lowest BCUT2D eigenvalue weighted by molar-refractivity contribution is -0.137. The summed E-state index contributed by atoms with van der Waals surface area (Å²) in [4.78, 5) is 10.8. The van der Waals surface area contributed by atoms with Crippen LogP contribution in [-0.4, -0.2) is 55.9 Å². The molecule has 14 heavy (non-hydrogen) atoms. The van der Waals surface area contributed by atoms with Gasteiger partial charge in [0.2, 0.25) is 10.0 Å². The molecule has 1 aliphatic rings. The summed E-state index contributed by atoms with van der Waals surface area (Å²) in [5, 5.41) is 9.13. The smallest absolute Gasteiger partial charge is 0.322 e. The molecule has 82 valence electrons. The minimum absolute atomic E-state index is 0.0688. The van der Waals surface area contributed by atoms with Gasteiger partial charge in [0.15, 0.2) is 5.75 Å². The van der Waals surface area contributed by atoms with Gasteiger partial charge in [-0.1, -0.05) is 0 Å². The van der Waals surface area contributed by atoms with Gasteiger partial charge in [-0.15, -0.1) is 0 Å². The van der Waals surface area contributed by atoms with E-state index in [9.17, 15) is 13.2 Å². The van der Waals surface area contributed by atoms with Gasteiger partial charge in [-0.2, -0.15) is 4.31 Å². The molecule has 1 rings (SSSR count). The summed E-state index contributed by atoms with van der Waals surface area (Å²) < 4.78 is 28.3. The molecule has 1 saturated heterocycles. The van der Waals surface area contributed by atoms with Gasteiger partial charge in [-0.05, 0) is 6.42 Å². The number of ether oxygens (including phenoxy) is 1. The van der Waals surface area contributed by atoms with Crippen LogP contribution in [0.1, 0.15) is 6.42 Å². The number of hydrogen-bond acceptors (Lipinski definition) is 5. The van der Waals surface area contributed by atoms with Crippen molar-refractivity contribution in [3.63, 3.8) is 0 Å². The second-order valence-electron chi connectivity index (χ2n) is 3.13. The van der Waals surface area contributed by atoms with Gasteiger partial charge in [0.25, 0.3) is 0 Å². The molecule has 1 heterocycles. The van der Waals surface area contributed by atoms with Crippen molar-refractivity contribution in [2.45, 2.75) is 12.5 Å². The number of aliphatic hydroxyl groups is 1. The molecular formula is C7H13NO5S. The van der Waals surface area contributed by atoms with E-state index >= 15 is 0 Å². The first-order valence-electron chi connectivity index (χ1n) is 4.18. The predicted molar refractivity (Wildman–Crippen MR) is 48.0 cm³/mol. The molecule has 1 N–H and O–H groups in total. The lowest BCUT2D eigenvalue weighted by Crippen LogP contribution is -2.34. The fourth-order valence-corrected chi connectivity index (χ4v) is 2.64. The van der Waals surface area contributed by atoms with Gasteiger partial charge < -0.3 is 9.84 Å². The van der Waals surface area contributed by atoms with Crippen molar-refractivity contribution in [2.75, 3.05) is 26.0 Å². The van der Waals surface area contributed by atoms with Gasteiger partial charge in [0.05, 0.1) is 13.2 Å². The van der Waals surface area contributed by atoms with Crippen LogP contribution in [0.3, 0.4) is 0 Å². The lowest BCUT2D eigenvalue weighted by atomic mass is 10.3. The van der Waals surface area contributed by atoms with Crippen LogP contribution in [0, 0.1) is 0 Å². The number of carbonyl (C=O) groups excluding carboxylic acids is 1. The van der Waals surface area contributed by atoms with E-state index in [-0.39, 0.29) is 13.1 Å². The van der Waals surface area contributed by atoms with Crippen molar-refractivity contribution in [1.82, 2.24) is 4.31 Å². The highest BCUT2D eigenvalue weighted by atomic mass is 32.2. The highest BCUT2D eigenvalue weighted by Gasteiger charge is 2.32. The Morgan fingerprint density at radius 1 is 1.64 bits per heavy atom. The minimum Gasteiger partial charge on any atom is -0.468 e. The fraction of sp³-hybridized carbons (Fsp3) is 0.857. The SMILES string of the molecule is COC(=O)CS(=O)(=O)N1CCC(O)C1. The van der Waals surface area contributed by atoms with Crippen LogP contribution in [0.4, 0.5) is 0 Å². The Labute approximate surface area is 82.5 Å². The number of β-amino-alcohol motifs (C(OH)–C–C–N with tert-alkyl or cyclic N) is 1. The molecule has 6 nitrogen and oxygen atoms in total. The normalized spacial score (nSPS) is 23.7. The van der Waals surface area contributed by atoms with E-state index in [1.54, 1.807) is 0 Å². The quantitative estimate of drug-likeness (QED) is 0.592. The summed E-state index contributed by atoms with van der Waals surface area (Å²) in [5.74, 6) is -1.44.